The van der Waals surface area contributed by atoms with Crippen molar-refractivity contribution in [2.24, 2.45) is 0 Å². The summed E-state index contributed by atoms with van der Waals surface area (Å²) < 4.78 is 11.2. The molecule has 4 nitrogen and oxygen atoms in total. The molecule has 4 heteroatoms. The van der Waals surface area contributed by atoms with E-state index < -0.39 is 5.97 Å². The average Bonchev–Trinajstić information content (AvgIpc) is 2.51. The van der Waals surface area contributed by atoms with Crippen molar-refractivity contribution in [3.8, 4) is 11.5 Å². The lowest BCUT2D eigenvalue weighted by Crippen LogP contribution is -2.06. The lowest BCUT2D eigenvalue weighted by molar-refractivity contribution is 0.0692. The van der Waals surface area contributed by atoms with E-state index in [-0.39, 0.29) is 5.56 Å². The van der Waals surface area contributed by atoms with Crippen LogP contribution < -0.4 is 9.47 Å². The number of carboxylic acids is 1. The Morgan fingerprint density at radius 2 is 1.73 bits per heavy atom. The van der Waals surface area contributed by atoms with Crippen LogP contribution in [0, 0.1) is 6.92 Å². The molecule has 0 aliphatic carbocycles. The molecule has 0 atom stereocenters. The van der Waals surface area contributed by atoms with Crippen LogP contribution in [0.25, 0.3) is 0 Å². The van der Waals surface area contributed by atoms with Crippen LogP contribution in [0.1, 0.15) is 28.8 Å². The number of carboxylic acid groups (broad SMARTS) is 1. The second kappa shape index (κ2) is 8.08. The van der Waals surface area contributed by atoms with Gasteiger partial charge in [0.05, 0.1) is 13.2 Å². The highest BCUT2D eigenvalue weighted by Gasteiger charge is 2.09. The molecule has 0 spiro atoms. The van der Waals surface area contributed by atoms with Gasteiger partial charge < -0.3 is 14.6 Å². The van der Waals surface area contributed by atoms with E-state index in [1.54, 1.807) is 24.3 Å². The molecule has 0 aromatic heterocycles. The SMILES string of the molecule is Cc1cccc(OCCCCOc2ccccc2C(=O)O)c1. The lowest BCUT2D eigenvalue weighted by atomic mass is 10.2. The molecule has 0 unspecified atom stereocenters. The summed E-state index contributed by atoms with van der Waals surface area (Å²) in [6.07, 6.45) is 1.66. The molecule has 0 saturated heterocycles. The molecular formula is C18H20O4. The minimum atomic E-state index is -0.974. The summed E-state index contributed by atoms with van der Waals surface area (Å²) in [7, 11) is 0. The first-order chi connectivity index (χ1) is 10.7. The number of aryl methyl sites for hydroxylation is 1. The Morgan fingerprint density at radius 3 is 2.45 bits per heavy atom. The molecule has 0 bridgehead atoms. The Labute approximate surface area is 130 Å². The molecule has 116 valence electrons. The maximum absolute atomic E-state index is 11.0. The van der Waals surface area contributed by atoms with E-state index in [0.29, 0.717) is 19.0 Å². The zero-order chi connectivity index (χ0) is 15.8. The third-order valence-corrected chi connectivity index (χ3v) is 3.17. The molecule has 0 amide bonds. The fourth-order valence-electron chi connectivity index (χ4n) is 2.05. The summed E-state index contributed by atoms with van der Waals surface area (Å²) >= 11 is 0. The number of ether oxygens (including phenoxy) is 2. The van der Waals surface area contributed by atoms with Crippen molar-refractivity contribution in [3.63, 3.8) is 0 Å². The first-order valence-electron chi connectivity index (χ1n) is 7.31. The fraction of sp³-hybridized carbons (Fsp3) is 0.278. The zero-order valence-electron chi connectivity index (χ0n) is 12.6. The maximum Gasteiger partial charge on any atom is 0.339 e. The van der Waals surface area contributed by atoms with Gasteiger partial charge in [0.15, 0.2) is 0 Å². The molecule has 2 rings (SSSR count). The van der Waals surface area contributed by atoms with Gasteiger partial charge in [-0.25, -0.2) is 4.79 Å². The van der Waals surface area contributed by atoms with Crippen molar-refractivity contribution in [2.75, 3.05) is 13.2 Å². The number of aromatic carboxylic acids is 1. The predicted octanol–water partition coefficient (Wildman–Crippen LogP) is 3.93. The molecule has 22 heavy (non-hydrogen) atoms. The van der Waals surface area contributed by atoms with Gasteiger partial charge in [-0.05, 0) is 49.6 Å². The standard InChI is InChI=1S/C18H20O4/c1-14-7-6-8-15(13-14)21-11-4-5-12-22-17-10-3-2-9-16(17)18(19)20/h2-3,6-10,13H,4-5,11-12H2,1H3,(H,19,20). The van der Waals surface area contributed by atoms with Gasteiger partial charge >= 0.3 is 5.97 Å². The molecule has 0 radical (unpaired) electrons. The number of rotatable bonds is 8. The number of hydrogen-bond donors (Lipinski definition) is 1. The molecule has 2 aromatic rings. The molecule has 2 aromatic carbocycles. The second-order valence-corrected chi connectivity index (χ2v) is 5.02. The highest BCUT2D eigenvalue weighted by atomic mass is 16.5. The normalized spacial score (nSPS) is 10.2. The smallest absolute Gasteiger partial charge is 0.339 e. The minimum absolute atomic E-state index is 0.193. The van der Waals surface area contributed by atoms with E-state index in [1.807, 2.05) is 31.2 Å². The highest BCUT2D eigenvalue weighted by Crippen LogP contribution is 2.18. The van der Waals surface area contributed by atoms with Crippen LogP contribution in [0.15, 0.2) is 48.5 Å². The van der Waals surface area contributed by atoms with Crippen LogP contribution in [0.5, 0.6) is 11.5 Å². The van der Waals surface area contributed by atoms with Gasteiger partial charge in [0.1, 0.15) is 17.1 Å². The summed E-state index contributed by atoms with van der Waals surface area (Å²) in [6, 6.07) is 14.6. The Morgan fingerprint density at radius 1 is 1.00 bits per heavy atom. The fourth-order valence-corrected chi connectivity index (χ4v) is 2.05. The van der Waals surface area contributed by atoms with E-state index in [0.717, 1.165) is 18.6 Å². The number of para-hydroxylation sites is 1. The van der Waals surface area contributed by atoms with Crippen LogP contribution >= 0.6 is 0 Å². The monoisotopic (exact) mass is 300 g/mol. The van der Waals surface area contributed by atoms with Crippen molar-refractivity contribution in [1.29, 1.82) is 0 Å². The quantitative estimate of drug-likeness (QED) is 0.750. The van der Waals surface area contributed by atoms with Gasteiger partial charge in [-0.2, -0.15) is 0 Å². The summed E-state index contributed by atoms with van der Waals surface area (Å²) in [5.41, 5.74) is 1.37. The maximum atomic E-state index is 11.0. The van der Waals surface area contributed by atoms with Gasteiger partial charge in [-0.1, -0.05) is 24.3 Å². The number of benzene rings is 2. The predicted molar refractivity (Wildman–Crippen MR) is 84.8 cm³/mol. The van der Waals surface area contributed by atoms with Crippen molar-refractivity contribution in [1.82, 2.24) is 0 Å². The number of carbonyl (C=O) groups is 1. The summed E-state index contributed by atoms with van der Waals surface area (Å²) in [6.45, 7) is 3.12. The van der Waals surface area contributed by atoms with Crippen LogP contribution in [0.4, 0.5) is 0 Å². The van der Waals surface area contributed by atoms with E-state index in [9.17, 15) is 4.79 Å². The average molecular weight is 300 g/mol. The third-order valence-electron chi connectivity index (χ3n) is 3.17. The third kappa shape index (κ3) is 4.81. The minimum Gasteiger partial charge on any atom is -0.494 e. The summed E-state index contributed by atoms with van der Waals surface area (Å²) in [4.78, 5) is 11.0. The van der Waals surface area contributed by atoms with E-state index >= 15 is 0 Å². The Bertz CT molecular complexity index is 622. The second-order valence-electron chi connectivity index (χ2n) is 5.02. The van der Waals surface area contributed by atoms with Gasteiger partial charge in [0, 0.05) is 0 Å². The van der Waals surface area contributed by atoms with Crippen LogP contribution in [0.2, 0.25) is 0 Å². The molecule has 0 fully saturated rings. The van der Waals surface area contributed by atoms with Crippen molar-refractivity contribution < 1.29 is 19.4 Å². The van der Waals surface area contributed by atoms with Crippen molar-refractivity contribution >= 4 is 5.97 Å². The van der Waals surface area contributed by atoms with Crippen LogP contribution in [0.3, 0.4) is 0 Å². The van der Waals surface area contributed by atoms with E-state index in [2.05, 4.69) is 0 Å². The molecule has 0 aliphatic heterocycles. The molecular weight excluding hydrogens is 280 g/mol. The zero-order valence-corrected chi connectivity index (χ0v) is 12.6. The lowest BCUT2D eigenvalue weighted by Gasteiger charge is -2.09. The van der Waals surface area contributed by atoms with Crippen LogP contribution in [-0.2, 0) is 0 Å². The molecule has 1 N–H and O–H groups in total. The molecule has 0 saturated carbocycles. The first-order valence-corrected chi connectivity index (χ1v) is 7.31. The molecule has 0 heterocycles. The van der Waals surface area contributed by atoms with Gasteiger partial charge in [-0.3, -0.25) is 0 Å². The Kier molecular flexibility index (Phi) is 5.83. The first kappa shape index (κ1) is 15.9. The summed E-state index contributed by atoms with van der Waals surface area (Å²) in [5.74, 6) is 0.310. The van der Waals surface area contributed by atoms with Crippen molar-refractivity contribution in [2.45, 2.75) is 19.8 Å². The summed E-state index contributed by atoms with van der Waals surface area (Å²) in [5, 5.41) is 9.05. The van der Waals surface area contributed by atoms with Gasteiger partial charge in [0.2, 0.25) is 0 Å². The van der Waals surface area contributed by atoms with E-state index in [4.69, 9.17) is 14.6 Å². The van der Waals surface area contributed by atoms with Crippen molar-refractivity contribution in [3.05, 3.63) is 59.7 Å². The Hall–Kier alpha value is -2.49. The largest absolute Gasteiger partial charge is 0.494 e. The van der Waals surface area contributed by atoms with Gasteiger partial charge in [0.25, 0.3) is 0 Å². The van der Waals surface area contributed by atoms with E-state index in [1.165, 1.54) is 5.56 Å². The molecule has 0 aliphatic rings. The van der Waals surface area contributed by atoms with Crippen LogP contribution in [-0.4, -0.2) is 24.3 Å². The van der Waals surface area contributed by atoms with Gasteiger partial charge in [-0.15, -0.1) is 0 Å². The topological polar surface area (TPSA) is 55.8 Å². The number of hydrogen-bond acceptors (Lipinski definition) is 3. The number of unbranched alkanes of at least 4 members (excludes halogenated alkanes) is 1. The Balaban J connectivity index is 1.69. The highest BCUT2D eigenvalue weighted by molar-refractivity contribution is 5.90.